The molecule has 0 fully saturated rings. The summed E-state index contributed by atoms with van der Waals surface area (Å²) in [5.41, 5.74) is 1.50. The number of nitrogens with one attached hydrogen (secondary N) is 2. The van der Waals surface area contributed by atoms with E-state index in [2.05, 4.69) is 10.6 Å². The summed E-state index contributed by atoms with van der Waals surface area (Å²) < 4.78 is 5.09. The number of anilines is 1. The molecule has 1 atom stereocenters. The predicted molar refractivity (Wildman–Crippen MR) is 86.0 cm³/mol. The molecule has 0 spiro atoms. The summed E-state index contributed by atoms with van der Waals surface area (Å²) in [6.07, 6.45) is -0.131. The third-order valence-corrected chi connectivity index (χ3v) is 3.22. The van der Waals surface area contributed by atoms with Crippen LogP contribution in [0.4, 0.5) is 10.5 Å². The molecule has 2 rings (SSSR count). The van der Waals surface area contributed by atoms with Gasteiger partial charge in [0.15, 0.2) is 0 Å². The zero-order valence-corrected chi connectivity index (χ0v) is 12.5. The molecule has 0 saturated carbocycles. The number of amides is 2. The maximum Gasteiger partial charge on any atom is 0.319 e. The van der Waals surface area contributed by atoms with E-state index in [-0.39, 0.29) is 6.03 Å². The minimum atomic E-state index is -0.585. The van der Waals surface area contributed by atoms with Gasteiger partial charge in [-0.05, 0) is 24.1 Å². The van der Waals surface area contributed by atoms with E-state index in [1.54, 1.807) is 31.4 Å². The fraction of sp³-hybridized carbons (Fsp3) is 0.235. The van der Waals surface area contributed by atoms with Crippen LogP contribution in [0.2, 0.25) is 0 Å². The molecule has 0 aromatic heterocycles. The fourth-order valence-electron chi connectivity index (χ4n) is 2.04. The van der Waals surface area contributed by atoms with Gasteiger partial charge >= 0.3 is 6.03 Å². The van der Waals surface area contributed by atoms with Crippen LogP contribution in [0.1, 0.15) is 18.1 Å². The molecule has 2 amide bonds. The van der Waals surface area contributed by atoms with E-state index in [4.69, 9.17) is 4.74 Å². The van der Waals surface area contributed by atoms with Crippen molar-refractivity contribution in [3.63, 3.8) is 0 Å². The first kappa shape index (κ1) is 15.9. The van der Waals surface area contributed by atoms with E-state index in [0.717, 1.165) is 5.56 Å². The Kier molecular flexibility index (Phi) is 5.80. The van der Waals surface area contributed by atoms with Gasteiger partial charge in [0.25, 0.3) is 0 Å². The second kappa shape index (κ2) is 8.05. The van der Waals surface area contributed by atoms with E-state index in [0.29, 0.717) is 24.4 Å². The normalized spacial score (nSPS) is 11.5. The molecule has 0 aliphatic heterocycles. The number of hydrogen-bond donors (Lipinski definition) is 3. The van der Waals surface area contributed by atoms with Crippen molar-refractivity contribution in [3.8, 4) is 5.75 Å². The van der Waals surface area contributed by atoms with E-state index in [9.17, 15) is 9.90 Å². The molecular weight excluding hydrogens is 280 g/mol. The Balaban J connectivity index is 1.76. The lowest BCUT2D eigenvalue weighted by atomic mass is 10.1. The number of carbonyl (C=O) groups is 1. The van der Waals surface area contributed by atoms with Gasteiger partial charge in [-0.15, -0.1) is 0 Å². The largest absolute Gasteiger partial charge is 0.497 e. The van der Waals surface area contributed by atoms with Gasteiger partial charge in [0, 0.05) is 18.3 Å². The van der Waals surface area contributed by atoms with Crippen molar-refractivity contribution < 1.29 is 14.6 Å². The minimum Gasteiger partial charge on any atom is -0.497 e. The van der Waals surface area contributed by atoms with Gasteiger partial charge in [-0.25, -0.2) is 4.79 Å². The number of urea groups is 1. The highest BCUT2D eigenvalue weighted by Gasteiger charge is 2.08. The molecule has 0 aliphatic rings. The second-order valence-corrected chi connectivity index (χ2v) is 4.83. The van der Waals surface area contributed by atoms with Crippen molar-refractivity contribution in [2.75, 3.05) is 19.0 Å². The second-order valence-electron chi connectivity index (χ2n) is 4.83. The van der Waals surface area contributed by atoms with Gasteiger partial charge in [-0.1, -0.05) is 36.4 Å². The number of rotatable bonds is 6. The quantitative estimate of drug-likeness (QED) is 0.768. The van der Waals surface area contributed by atoms with E-state index >= 15 is 0 Å². The number of methoxy groups -OCH3 is 1. The van der Waals surface area contributed by atoms with Gasteiger partial charge in [-0.3, -0.25) is 0 Å². The van der Waals surface area contributed by atoms with Crippen LogP contribution in [0.15, 0.2) is 54.6 Å². The summed E-state index contributed by atoms with van der Waals surface area (Å²) in [5.74, 6) is 0.678. The first-order valence-corrected chi connectivity index (χ1v) is 7.11. The van der Waals surface area contributed by atoms with E-state index < -0.39 is 6.10 Å². The SMILES string of the molecule is COc1cccc(NC(=O)NCC[C@@H](O)c2ccccc2)c1. The summed E-state index contributed by atoms with van der Waals surface area (Å²) >= 11 is 0. The monoisotopic (exact) mass is 300 g/mol. The van der Waals surface area contributed by atoms with Crippen molar-refractivity contribution in [1.82, 2.24) is 5.32 Å². The predicted octanol–water partition coefficient (Wildman–Crippen LogP) is 2.94. The van der Waals surface area contributed by atoms with Crippen molar-refractivity contribution in [2.45, 2.75) is 12.5 Å². The third kappa shape index (κ3) is 4.79. The van der Waals surface area contributed by atoms with Crippen molar-refractivity contribution in [2.24, 2.45) is 0 Å². The fourth-order valence-corrected chi connectivity index (χ4v) is 2.04. The number of ether oxygens (including phenoxy) is 1. The van der Waals surface area contributed by atoms with Gasteiger partial charge in [0.05, 0.1) is 13.2 Å². The van der Waals surface area contributed by atoms with Crippen LogP contribution in [0.25, 0.3) is 0 Å². The summed E-state index contributed by atoms with van der Waals surface area (Å²) in [6.45, 7) is 0.381. The first-order valence-electron chi connectivity index (χ1n) is 7.11. The summed E-state index contributed by atoms with van der Waals surface area (Å²) in [5, 5.41) is 15.4. The van der Waals surface area contributed by atoms with Crippen molar-refractivity contribution in [3.05, 3.63) is 60.2 Å². The summed E-state index contributed by atoms with van der Waals surface area (Å²) in [4.78, 5) is 11.8. The third-order valence-electron chi connectivity index (χ3n) is 3.22. The lowest BCUT2D eigenvalue weighted by molar-refractivity contribution is 0.167. The Hall–Kier alpha value is -2.53. The molecule has 5 heteroatoms. The van der Waals surface area contributed by atoms with E-state index in [1.165, 1.54) is 0 Å². The van der Waals surface area contributed by atoms with Crippen LogP contribution in [0, 0.1) is 0 Å². The Labute approximate surface area is 129 Å². The summed E-state index contributed by atoms with van der Waals surface area (Å²) in [6, 6.07) is 16.2. The van der Waals surface area contributed by atoms with Crippen LogP contribution in [0.3, 0.4) is 0 Å². The number of aliphatic hydroxyl groups excluding tert-OH is 1. The molecule has 0 unspecified atom stereocenters. The zero-order valence-electron chi connectivity index (χ0n) is 12.5. The van der Waals surface area contributed by atoms with Crippen molar-refractivity contribution in [1.29, 1.82) is 0 Å². The highest BCUT2D eigenvalue weighted by atomic mass is 16.5. The van der Waals surface area contributed by atoms with E-state index in [1.807, 2.05) is 30.3 Å². The maximum atomic E-state index is 11.8. The molecule has 0 saturated heterocycles. The van der Waals surface area contributed by atoms with Gasteiger partial charge in [-0.2, -0.15) is 0 Å². The smallest absolute Gasteiger partial charge is 0.319 e. The average molecular weight is 300 g/mol. The summed E-state index contributed by atoms with van der Waals surface area (Å²) in [7, 11) is 1.57. The Bertz CT molecular complexity index is 602. The Morgan fingerprint density at radius 3 is 2.68 bits per heavy atom. The molecule has 116 valence electrons. The lowest BCUT2D eigenvalue weighted by Crippen LogP contribution is -2.30. The van der Waals surface area contributed by atoms with Crippen LogP contribution < -0.4 is 15.4 Å². The molecule has 0 bridgehead atoms. The molecule has 0 heterocycles. The minimum absolute atomic E-state index is 0.312. The van der Waals surface area contributed by atoms with Crippen molar-refractivity contribution >= 4 is 11.7 Å². The maximum absolute atomic E-state index is 11.8. The molecular formula is C17H20N2O3. The molecule has 2 aromatic rings. The molecule has 2 aromatic carbocycles. The lowest BCUT2D eigenvalue weighted by Gasteiger charge is -2.12. The average Bonchev–Trinajstić information content (AvgIpc) is 2.55. The van der Waals surface area contributed by atoms with Crippen LogP contribution in [-0.4, -0.2) is 24.8 Å². The highest BCUT2D eigenvalue weighted by molar-refractivity contribution is 5.89. The molecule has 3 N–H and O–H groups in total. The number of hydrogen-bond acceptors (Lipinski definition) is 3. The molecule has 5 nitrogen and oxygen atoms in total. The van der Waals surface area contributed by atoms with Crippen LogP contribution >= 0.6 is 0 Å². The van der Waals surface area contributed by atoms with Crippen LogP contribution in [0.5, 0.6) is 5.75 Å². The standard InChI is InChI=1S/C17H20N2O3/c1-22-15-9-5-8-14(12-15)19-17(21)18-11-10-16(20)13-6-3-2-4-7-13/h2-9,12,16,20H,10-11H2,1H3,(H2,18,19,21)/t16-/m1/s1. The molecule has 0 aliphatic carbocycles. The highest BCUT2D eigenvalue weighted by Crippen LogP contribution is 2.17. The number of carbonyl (C=O) groups excluding carboxylic acids is 1. The van der Waals surface area contributed by atoms with Gasteiger partial charge in [0.2, 0.25) is 0 Å². The Morgan fingerprint density at radius 2 is 1.95 bits per heavy atom. The first-order chi connectivity index (χ1) is 10.7. The number of aliphatic hydroxyl groups is 1. The topological polar surface area (TPSA) is 70.6 Å². The molecule has 22 heavy (non-hydrogen) atoms. The zero-order chi connectivity index (χ0) is 15.8. The number of benzene rings is 2. The van der Waals surface area contributed by atoms with Gasteiger partial charge in [0.1, 0.15) is 5.75 Å². The van der Waals surface area contributed by atoms with Crippen LogP contribution in [-0.2, 0) is 0 Å². The molecule has 0 radical (unpaired) electrons. The van der Waals surface area contributed by atoms with Gasteiger partial charge < -0.3 is 20.5 Å². The Morgan fingerprint density at radius 1 is 1.18 bits per heavy atom.